The Hall–Kier alpha value is -0.603. The zero-order chi connectivity index (χ0) is 12.6. The SMILES string of the molecule is OC1(c2ccc(CCC[SiH3])cc2)CC2CCC1C2. The van der Waals surface area contributed by atoms with Crippen LogP contribution in [0.2, 0.25) is 6.04 Å². The molecular weight excluding hydrogens is 236 g/mol. The van der Waals surface area contributed by atoms with Crippen molar-refractivity contribution in [3.8, 4) is 0 Å². The highest BCUT2D eigenvalue weighted by atomic mass is 28.1. The van der Waals surface area contributed by atoms with Gasteiger partial charge in [-0.3, -0.25) is 0 Å². The lowest BCUT2D eigenvalue weighted by Crippen LogP contribution is -2.32. The number of hydrogen-bond donors (Lipinski definition) is 1. The van der Waals surface area contributed by atoms with Gasteiger partial charge < -0.3 is 5.11 Å². The molecule has 0 aromatic heterocycles. The summed E-state index contributed by atoms with van der Waals surface area (Å²) >= 11 is 0. The standard InChI is InChI=1S/C16H24OSi/c17-16(11-13-5-8-15(16)10-13)14-6-3-12(4-7-14)2-1-9-18/h3-4,6-7,13,15,17H,1-2,5,8-11H2,18H3. The molecule has 2 saturated carbocycles. The third kappa shape index (κ3) is 2.06. The van der Waals surface area contributed by atoms with E-state index in [1.165, 1.54) is 59.5 Å². The molecule has 3 atom stereocenters. The van der Waals surface area contributed by atoms with Crippen LogP contribution in [0.15, 0.2) is 24.3 Å². The van der Waals surface area contributed by atoms with E-state index < -0.39 is 5.60 Å². The predicted octanol–water partition coefficient (Wildman–Crippen LogP) is 2.41. The summed E-state index contributed by atoms with van der Waals surface area (Å²) in [6.07, 6.45) is 7.33. The molecule has 2 bridgehead atoms. The van der Waals surface area contributed by atoms with Crippen LogP contribution in [0, 0.1) is 11.8 Å². The first-order valence-corrected chi connectivity index (χ1v) is 8.95. The number of fused-ring (bicyclic) bond motifs is 2. The van der Waals surface area contributed by atoms with Gasteiger partial charge in [-0.2, -0.15) is 0 Å². The van der Waals surface area contributed by atoms with Crippen LogP contribution in [0.5, 0.6) is 0 Å². The van der Waals surface area contributed by atoms with Gasteiger partial charge in [-0.15, -0.1) is 0 Å². The van der Waals surface area contributed by atoms with Crippen molar-refractivity contribution in [1.82, 2.24) is 0 Å². The molecule has 0 spiro atoms. The van der Waals surface area contributed by atoms with Gasteiger partial charge in [0.25, 0.3) is 0 Å². The van der Waals surface area contributed by atoms with Gasteiger partial charge in [0.2, 0.25) is 0 Å². The Morgan fingerprint density at radius 1 is 1.22 bits per heavy atom. The molecule has 0 amide bonds. The summed E-state index contributed by atoms with van der Waals surface area (Å²) in [7, 11) is 1.31. The maximum Gasteiger partial charge on any atom is 0.0927 e. The van der Waals surface area contributed by atoms with E-state index in [1.807, 2.05) is 0 Å². The Kier molecular flexibility index (Phi) is 3.33. The highest BCUT2D eigenvalue weighted by molar-refractivity contribution is 6.08. The van der Waals surface area contributed by atoms with Crippen molar-refractivity contribution in [2.75, 3.05) is 0 Å². The molecule has 2 fully saturated rings. The van der Waals surface area contributed by atoms with Crippen LogP contribution in [0.25, 0.3) is 0 Å². The molecule has 2 aliphatic carbocycles. The van der Waals surface area contributed by atoms with Gasteiger partial charge in [-0.05, 0) is 55.1 Å². The third-order valence-electron chi connectivity index (χ3n) is 5.09. The monoisotopic (exact) mass is 260 g/mol. The summed E-state index contributed by atoms with van der Waals surface area (Å²) in [6.45, 7) is 0. The lowest BCUT2D eigenvalue weighted by Gasteiger charge is -2.33. The molecule has 0 heterocycles. The molecular formula is C16H24OSi. The maximum atomic E-state index is 10.9. The van der Waals surface area contributed by atoms with E-state index in [4.69, 9.17) is 0 Å². The van der Waals surface area contributed by atoms with Crippen molar-refractivity contribution in [3.05, 3.63) is 35.4 Å². The predicted molar refractivity (Wildman–Crippen MR) is 78.9 cm³/mol. The molecule has 1 aromatic carbocycles. The lowest BCUT2D eigenvalue weighted by molar-refractivity contribution is -0.0182. The largest absolute Gasteiger partial charge is 0.385 e. The van der Waals surface area contributed by atoms with Gasteiger partial charge in [-0.25, -0.2) is 0 Å². The average molecular weight is 260 g/mol. The quantitative estimate of drug-likeness (QED) is 0.824. The molecule has 1 N–H and O–H groups in total. The topological polar surface area (TPSA) is 20.2 Å². The molecule has 3 rings (SSSR count). The van der Waals surface area contributed by atoms with Gasteiger partial charge in [0, 0.05) is 10.2 Å². The summed E-state index contributed by atoms with van der Waals surface area (Å²) in [5.74, 6) is 1.31. The van der Waals surface area contributed by atoms with E-state index in [9.17, 15) is 5.11 Å². The normalized spacial score (nSPS) is 34.3. The van der Waals surface area contributed by atoms with Crippen LogP contribution in [-0.2, 0) is 12.0 Å². The van der Waals surface area contributed by atoms with Gasteiger partial charge in [0.05, 0.1) is 5.60 Å². The average Bonchev–Trinajstić information content (AvgIpc) is 2.97. The van der Waals surface area contributed by atoms with Crippen LogP contribution >= 0.6 is 0 Å². The first-order chi connectivity index (χ1) is 8.72. The first kappa shape index (κ1) is 12.4. The fraction of sp³-hybridized carbons (Fsp3) is 0.625. The minimum atomic E-state index is -0.501. The maximum absolute atomic E-state index is 10.9. The number of rotatable bonds is 4. The fourth-order valence-electron chi connectivity index (χ4n) is 4.00. The van der Waals surface area contributed by atoms with Gasteiger partial charge >= 0.3 is 0 Å². The number of benzene rings is 1. The van der Waals surface area contributed by atoms with Crippen molar-refractivity contribution in [2.24, 2.45) is 11.8 Å². The van der Waals surface area contributed by atoms with E-state index in [-0.39, 0.29) is 0 Å². The zero-order valence-electron chi connectivity index (χ0n) is 11.4. The van der Waals surface area contributed by atoms with Crippen LogP contribution in [0.1, 0.15) is 43.2 Å². The highest BCUT2D eigenvalue weighted by Gasteiger charge is 2.50. The van der Waals surface area contributed by atoms with E-state index >= 15 is 0 Å². The van der Waals surface area contributed by atoms with Crippen LogP contribution < -0.4 is 0 Å². The van der Waals surface area contributed by atoms with Gasteiger partial charge in [-0.1, -0.05) is 36.7 Å². The number of aryl methyl sites for hydroxylation is 1. The van der Waals surface area contributed by atoms with E-state index in [0.717, 1.165) is 12.3 Å². The Labute approximate surface area is 113 Å². The highest BCUT2D eigenvalue weighted by Crippen LogP contribution is 2.55. The van der Waals surface area contributed by atoms with Crippen molar-refractivity contribution in [2.45, 2.75) is 50.2 Å². The summed E-state index contributed by atoms with van der Waals surface area (Å²) in [5, 5.41) is 10.9. The number of aliphatic hydroxyl groups is 1. The molecule has 0 radical (unpaired) electrons. The molecule has 2 heteroatoms. The zero-order valence-corrected chi connectivity index (χ0v) is 13.4. The molecule has 3 unspecified atom stereocenters. The van der Waals surface area contributed by atoms with Crippen LogP contribution in [-0.4, -0.2) is 15.3 Å². The second-order valence-electron chi connectivity index (χ2n) is 6.30. The minimum Gasteiger partial charge on any atom is -0.385 e. The van der Waals surface area contributed by atoms with Crippen LogP contribution in [0.4, 0.5) is 0 Å². The van der Waals surface area contributed by atoms with E-state index in [0.29, 0.717) is 5.92 Å². The van der Waals surface area contributed by atoms with Crippen molar-refractivity contribution in [3.63, 3.8) is 0 Å². The Bertz CT molecular complexity index is 414. The van der Waals surface area contributed by atoms with E-state index in [1.54, 1.807) is 0 Å². The smallest absolute Gasteiger partial charge is 0.0927 e. The molecule has 18 heavy (non-hydrogen) atoms. The van der Waals surface area contributed by atoms with E-state index in [2.05, 4.69) is 24.3 Å². The molecule has 0 aliphatic heterocycles. The first-order valence-electron chi connectivity index (χ1n) is 7.54. The summed E-state index contributed by atoms with van der Waals surface area (Å²) in [5.41, 5.74) is 2.10. The second kappa shape index (κ2) is 4.82. The van der Waals surface area contributed by atoms with Crippen molar-refractivity contribution in [1.29, 1.82) is 0 Å². The fourth-order valence-corrected chi connectivity index (χ4v) is 4.35. The lowest BCUT2D eigenvalue weighted by atomic mass is 9.79. The second-order valence-corrected chi connectivity index (χ2v) is 7.30. The Balaban J connectivity index is 1.76. The van der Waals surface area contributed by atoms with Crippen molar-refractivity contribution >= 4 is 10.2 Å². The molecule has 1 nitrogen and oxygen atoms in total. The van der Waals surface area contributed by atoms with Crippen molar-refractivity contribution < 1.29 is 5.11 Å². The Morgan fingerprint density at radius 3 is 2.56 bits per heavy atom. The summed E-state index contributed by atoms with van der Waals surface area (Å²) in [4.78, 5) is 0. The molecule has 2 aliphatic rings. The molecule has 98 valence electrons. The minimum absolute atomic E-state index is 0.501. The molecule has 1 aromatic rings. The van der Waals surface area contributed by atoms with Crippen LogP contribution in [0.3, 0.4) is 0 Å². The van der Waals surface area contributed by atoms with Gasteiger partial charge in [0.1, 0.15) is 0 Å². The van der Waals surface area contributed by atoms with Gasteiger partial charge in [0.15, 0.2) is 0 Å². The Morgan fingerprint density at radius 2 is 2.00 bits per heavy atom. The third-order valence-corrected chi connectivity index (χ3v) is 5.80. The molecule has 0 saturated heterocycles. The summed E-state index contributed by atoms with van der Waals surface area (Å²) < 4.78 is 0. The number of hydrogen-bond acceptors (Lipinski definition) is 1. The summed E-state index contributed by atoms with van der Waals surface area (Å²) in [6, 6.07) is 10.2.